The van der Waals surface area contributed by atoms with Gasteiger partial charge in [-0.25, -0.2) is 13.6 Å². The normalized spacial score (nSPS) is 15.9. The third-order valence-corrected chi connectivity index (χ3v) is 4.46. The largest absolute Gasteiger partial charge is 0.384 e. The van der Waals surface area contributed by atoms with E-state index < -0.39 is 10.0 Å². The molecule has 0 saturated carbocycles. The van der Waals surface area contributed by atoms with Gasteiger partial charge in [-0.05, 0) is 36.1 Å². The predicted octanol–water partition coefficient (Wildman–Crippen LogP) is 0.896. The molecule has 2 rings (SSSR count). The summed E-state index contributed by atoms with van der Waals surface area (Å²) in [5.41, 5.74) is 1.62. The maximum atomic E-state index is 12.3. The topological polar surface area (TPSA) is 89.7 Å². The number of hydrogen-bond acceptors (Lipinski definition) is 4. The highest BCUT2D eigenvalue weighted by atomic mass is 32.2. The van der Waals surface area contributed by atoms with E-state index in [1.807, 2.05) is 6.92 Å². The van der Waals surface area contributed by atoms with Crippen LogP contribution in [0.25, 0.3) is 0 Å². The van der Waals surface area contributed by atoms with Crippen LogP contribution in [0.4, 0.5) is 5.69 Å². The maximum Gasteiger partial charge on any atom is 0.238 e. The molecule has 1 amide bonds. The monoisotopic (exact) mass is 312 g/mol. The number of primary sulfonamides is 1. The van der Waals surface area contributed by atoms with Crippen molar-refractivity contribution in [3.8, 4) is 0 Å². The van der Waals surface area contributed by atoms with E-state index in [-0.39, 0.29) is 16.7 Å². The number of rotatable bonds is 5. The summed E-state index contributed by atoms with van der Waals surface area (Å²) in [5.74, 6) is 0.178. The van der Waals surface area contributed by atoms with E-state index >= 15 is 0 Å². The lowest BCUT2D eigenvalue weighted by molar-refractivity contribution is -0.119. The van der Waals surface area contributed by atoms with Gasteiger partial charge in [0, 0.05) is 32.4 Å². The van der Waals surface area contributed by atoms with Gasteiger partial charge in [-0.2, -0.15) is 0 Å². The lowest BCUT2D eigenvalue weighted by Crippen LogP contribution is -2.30. The molecule has 0 aliphatic carbocycles. The minimum atomic E-state index is -3.71. The summed E-state index contributed by atoms with van der Waals surface area (Å²) in [6.07, 6.45) is 1.05. The number of ether oxygens (including phenoxy) is 1. The smallest absolute Gasteiger partial charge is 0.238 e. The molecule has 21 heavy (non-hydrogen) atoms. The molecule has 7 heteroatoms. The summed E-state index contributed by atoms with van der Waals surface area (Å²) in [5, 5.41) is 5.12. The molecule has 1 aromatic rings. The molecule has 6 nitrogen and oxygen atoms in total. The van der Waals surface area contributed by atoms with Crippen molar-refractivity contribution in [3.63, 3.8) is 0 Å². The maximum absolute atomic E-state index is 12.3. The first kappa shape index (κ1) is 15.9. The molecule has 1 aromatic carbocycles. The van der Waals surface area contributed by atoms with Crippen LogP contribution in [0.2, 0.25) is 0 Å². The van der Waals surface area contributed by atoms with Gasteiger partial charge in [-0.15, -0.1) is 0 Å². The average Bonchev–Trinajstić information content (AvgIpc) is 2.80. The number of nitrogens with zero attached hydrogens (tertiary/aromatic N) is 1. The molecule has 0 spiro atoms. The van der Waals surface area contributed by atoms with Crippen LogP contribution in [0.5, 0.6) is 0 Å². The second-order valence-corrected chi connectivity index (χ2v) is 6.96. The van der Waals surface area contributed by atoms with Crippen LogP contribution in [-0.4, -0.2) is 34.6 Å². The second kappa shape index (κ2) is 6.13. The summed E-state index contributed by atoms with van der Waals surface area (Å²) in [6, 6.07) is 4.65. The van der Waals surface area contributed by atoms with Crippen molar-refractivity contribution in [1.82, 2.24) is 0 Å². The van der Waals surface area contributed by atoms with Gasteiger partial charge in [0.05, 0.1) is 4.90 Å². The van der Waals surface area contributed by atoms with E-state index in [0.717, 1.165) is 11.3 Å². The predicted molar refractivity (Wildman–Crippen MR) is 79.5 cm³/mol. The Hall–Kier alpha value is -1.44. The molecule has 1 aliphatic heterocycles. The van der Waals surface area contributed by atoms with Crippen LogP contribution < -0.4 is 10.0 Å². The molecule has 0 bridgehead atoms. The summed E-state index contributed by atoms with van der Waals surface area (Å²) >= 11 is 0. The van der Waals surface area contributed by atoms with Crippen LogP contribution in [0, 0.1) is 5.92 Å². The zero-order valence-corrected chi connectivity index (χ0v) is 13.0. The number of hydrogen-bond donors (Lipinski definition) is 1. The minimum Gasteiger partial charge on any atom is -0.384 e. The van der Waals surface area contributed by atoms with Crippen LogP contribution >= 0.6 is 0 Å². The molecule has 1 heterocycles. The van der Waals surface area contributed by atoms with E-state index in [0.29, 0.717) is 26.0 Å². The highest BCUT2D eigenvalue weighted by Gasteiger charge is 2.26. The van der Waals surface area contributed by atoms with Crippen molar-refractivity contribution in [2.45, 2.75) is 24.7 Å². The van der Waals surface area contributed by atoms with Gasteiger partial charge < -0.3 is 9.64 Å². The van der Waals surface area contributed by atoms with Gasteiger partial charge in [0.2, 0.25) is 15.9 Å². The Bertz CT molecular complexity index is 642. The second-order valence-electron chi connectivity index (χ2n) is 5.40. The fourth-order valence-corrected chi connectivity index (χ4v) is 3.13. The van der Waals surface area contributed by atoms with Gasteiger partial charge >= 0.3 is 0 Å². The zero-order valence-electron chi connectivity index (χ0n) is 12.2. The van der Waals surface area contributed by atoms with Crippen molar-refractivity contribution >= 4 is 21.6 Å². The zero-order chi connectivity index (χ0) is 15.6. The van der Waals surface area contributed by atoms with E-state index in [1.54, 1.807) is 24.1 Å². The summed E-state index contributed by atoms with van der Waals surface area (Å²) in [4.78, 5) is 14.1. The quantitative estimate of drug-likeness (QED) is 0.874. The SMILES string of the molecule is COCC(C)CC(=O)N1CCc2cc(S(N)(=O)=O)ccc21. The molecule has 1 aliphatic rings. The molecule has 1 unspecified atom stereocenters. The average molecular weight is 312 g/mol. The minimum absolute atomic E-state index is 0.0293. The first-order valence-electron chi connectivity index (χ1n) is 6.78. The highest BCUT2D eigenvalue weighted by Crippen LogP contribution is 2.30. The lowest BCUT2D eigenvalue weighted by Gasteiger charge is -2.19. The lowest BCUT2D eigenvalue weighted by atomic mass is 10.1. The van der Waals surface area contributed by atoms with Gasteiger partial charge in [0.15, 0.2) is 0 Å². The number of benzene rings is 1. The summed E-state index contributed by atoms with van der Waals surface area (Å²) in [6.45, 7) is 3.07. The summed E-state index contributed by atoms with van der Waals surface area (Å²) in [7, 11) is -2.10. The molecule has 116 valence electrons. The fourth-order valence-electron chi connectivity index (χ4n) is 2.57. The Balaban J connectivity index is 2.17. The number of sulfonamides is 1. The molecule has 0 radical (unpaired) electrons. The Morgan fingerprint density at radius 1 is 1.48 bits per heavy atom. The Kier molecular flexibility index (Phi) is 4.65. The van der Waals surface area contributed by atoms with E-state index in [2.05, 4.69) is 0 Å². The van der Waals surface area contributed by atoms with Crippen LogP contribution in [0.3, 0.4) is 0 Å². The number of carbonyl (C=O) groups is 1. The highest BCUT2D eigenvalue weighted by molar-refractivity contribution is 7.89. The van der Waals surface area contributed by atoms with Crippen molar-refractivity contribution < 1.29 is 17.9 Å². The Morgan fingerprint density at radius 3 is 2.81 bits per heavy atom. The first-order valence-corrected chi connectivity index (χ1v) is 8.32. The third-order valence-electron chi connectivity index (χ3n) is 3.55. The van der Waals surface area contributed by atoms with Gasteiger partial charge in [0.1, 0.15) is 0 Å². The Morgan fingerprint density at radius 2 is 2.19 bits per heavy atom. The van der Waals surface area contributed by atoms with Gasteiger partial charge in [-0.1, -0.05) is 6.92 Å². The van der Waals surface area contributed by atoms with Gasteiger partial charge in [0.25, 0.3) is 0 Å². The number of anilines is 1. The third kappa shape index (κ3) is 3.61. The number of nitrogens with two attached hydrogens (primary N) is 1. The molecule has 2 N–H and O–H groups in total. The number of amides is 1. The van der Waals surface area contributed by atoms with E-state index in [4.69, 9.17) is 9.88 Å². The van der Waals surface area contributed by atoms with E-state index in [9.17, 15) is 13.2 Å². The molecule has 0 fully saturated rings. The van der Waals surface area contributed by atoms with Gasteiger partial charge in [-0.3, -0.25) is 4.79 Å². The van der Waals surface area contributed by atoms with E-state index in [1.165, 1.54) is 6.07 Å². The molecular formula is C14H20N2O4S. The van der Waals surface area contributed by atoms with Crippen molar-refractivity contribution in [2.24, 2.45) is 11.1 Å². The fraction of sp³-hybridized carbons (Fsp3) is 0.500. The van der Waals surface area contributed by atoms with Crippen molar-refractivity contribution in [2.75, 3.05) is 25.2 Å². The van der Waals surface area contributed by atoms with Crippen LogP contribution in [0.15, 0.2) is 23.1 Å². The number of fused-ring (bicyclic) bond motifs is 1. The summed E-state index contributed by atoms with van der Waals surface area (Å²) < 4.78 is 27.7. The van der Waals surface area contributed by atoms with Crippen LogP contribution in [0.1, 0.15) is 18.9 Å². The molecule has 0 saturated heterocycles. The molecule has 1 atom stereocenters. The Labute approximate surface area is 124 Å². The number of methoxy groups -OCH3 is 1. The molecule has 0 aromatic heterocycles. The van der Waals surface area contributed by atoms with Crippen molar-refractivity contribution in [3.05, 3.63) is 23.8 Å². The van der Waals surface area contributed by atoms with Crippen molar-refractivity contribution in [1.29, 1.82) is 0 Å². The number of carbonyl (C=O) groups excluding carboxylic acids is 1. The van der Waals surface area contributed by atoms with Crippen LogP contribution in [-0.2, 0) is 26.0 Å². The first-order chi connectivity index (χ1) is 9.82. The standard InChI is InChI=1S/C14H20N2O4S/c1-10(9-20-2)7-14(17)16-6-5-11-8-12(21(15,18)19)3-4-13(11)16/h3-4,8,10H,5-7,9H2,1-2H3,(H2,15,18,19). The molecular weight excluding hydrogens is 292 g/mol.